The molecule has 9 heteroatoms. The number of rotatable bonds is 5. The maximum Gasteiger partial charge on any atom is 0.255 e. The Morgan fingerprint density at radius 1 is 1.04 bits per heavy atom. The highest BCUT2D eigenvalue weighted by Crippen LogP contribution is 2.15. The van der Waals surface area contributed by atoms with Gasteiger partial charge in [-0.3, -0.25) is 9.59 Å². The van der Waals surface area contributed by atoms with E-state index in [1.807, 2.05) is 0 Å². The number of tetrazole rings is 1. The van der Waals surface area contributed by atoms with E-state index >= 15 is 0 Å². The quantitative estimate of drug-likeness (QED) is 0.535. The lowest BCUT2D eigenvalue weighted by Gasteiger charge is -2.08. The minimum Gasteiger partial charge on any atom is -0.331 e. The number of carbonyl (C=O) groups is 2. The van der Waals surface area contributed by atoms with E-state index in [1.165, 1.54) is 11.0 Å². The summed E-state index contributed by atoms with van der Waals surface area (Å²) in [5.41, 5.74) is 2.21. The van der Waals surface area contributed by atoms with Crippen molar-refractivity contribution < 1.29 is 9.59 Å². The second-order valence-electron chi connectivity index (χ2n) is 6.03. The maximum atomic E-state index is 12.5. The van der Waals surface area contributed by atoms with E-state index in [2.05, 4.69) is 25.8 Å². The molecule has 138 valence electrons. The number of carbonyl (C=O) groups excluding carboxylic acids is 2. The van der Waals surface area contributed by atoms with Crippen LogP contribution < -0.4 is 5.32 Å². The van der Waals surface area contributed by atoms with Gasteiger partial charge in [-0.05, 0) is 52.9 Å². The molecule has 0 unspecified atom stereocenters. The first-order valence-corrected chi connectivity index (χ1v) is 8.39. The van der Waals surface area contributed by atoms with Gasteiger partial charge in [-0.25, -0.2) is 9.67 Å². The predicted octanol–water partition coefficient (Wildman–Crippen LogP) is 1.88. The van der Waals surface area contributed by atoms with Crippen molar-refractivity contribution in [3.63, 3.8) is 0 Å². The number of ketones is 1. The van der Waals surface area contributed by atoms with Gasteiger partial charge >= 0.3 is 0 Å². The minimum absolute atomic E-state index is 0.181. The maximum absolute atomic E-state index is 12.5. The summed E-state index contributed by atoms with van der Waals surface area (Å²) in [6, 6.07) is 13.6. The summed E-state index contributed by atoms with van der Waals surface area (Å²) >= 11 is 0. The average molecular weight is 373 g/mol. The number of hydrogen-bond acceptors (Lipinski definition) is 6. The predicted molar refractivity (Wildman–Crippen MR) is 100 cm³/mol. The fraction of sp³-hybridized carbons (Fsp3) is 0.0526. The molecular formula is C19H15N7O2. The topological polar surface area (TPSA) is 108 Å². The Labute approximate surface area is 159 Å². The molecule has 0 aliphatic rings. The zero-order valence-electron chi connectivity index (χ0n) is 14.9. The molecule has 0 saturated carbocycles. The van der Waals surface area contributed by atoms with Crippen molar-refractivity contribution in [2.75, 3.05) is 5.32 Å². The second-order valence-corrected chi connectivity index (χ2v) is 6.03. The summed E-state index contributed by atoms with van der Waals surface area (Å²) in [5, 5.41) is 13.8. The fourth-order valence-corrected chi connectivity index (χ4v) is 2.69. The van der Waals surface area contributed by atoms with Gasteiger partial charge in [-0.2, -0.15) is 0 Å². The molecule has 0 saturated heterocycles. The number of hydrogen-bond donors (Lipinski definition) is 1. The van der Waals surface area contributed by atoms with Crippen molar-refractivity contribution in [2.24, 2.45) is 7.05 Å². The van der Waals surface area contributed by atoms with Crippen LogP contribution in [0.3, 0.4) is 0 Å². The molecule has 0 aliphatic heterocycles. The minimum atomic E-state index is -0.280. The number of amides is 1. The molecule has 0 bridgehead atoms. The Kier molecular flexibility index (Phi) is 4.47. The molecule has 4 rings (SSSR count). The number of imidazole rings is 1. The summed E-state index contributed by atoms with van der Waals surface area (Å²) in [5.74, 6) is -0.103. The highest BCUT2D eigenvalue weighted by atomic mass is 16.1. The van der Waals surface area contributed by atoms with Gasteiger partial charge in [0.15, 0.2) is 5.82 Å². The summed E-state index contributed by atoms with van der Waals surface area (Å²) in [7, 11) is 1.76. The number of anilines is 1. The van der Waals surface area contributed by atoms with Gasteiger partial charge in [0.1, 0.15) is 6.33 Å². The highest BCUT2D eigenvalue weighted by Gasteiger charge is 2.14. The number of nitrogens with zero attached hydrogens (tertiary/aromatic N) is 6. The zero-order chi connectivity index (χ0) is 19.5. The van der Waals surface area contributed by atoms with Gasteiger partial charge in [0, 0.05) is 36.3 Å². The summed E-state index contributed by atoms with van der Waals surface area (Å²) in [6.07, 6.45) is 4.74. The van der Waals surface area contributed by atoms with Gasteiger partial charge < -0.3 is 9.88 Å². The summed E-state index contributed by atoms with van der Waals surface area (Å²) < 4.78 is 3.13. The van der Waals surface area contributed by atoms with Crippen LogP contribution in [0.4, 0.5) is 5.69 Å². The molecule has 0 radical (unpaired) electrons. The van der Waals surface area contributed by atoms with Crippen molar-refractivity contribution in [1.82, 2.24) is 29.8 Å². The van der Waals surface area contributed by atoms with Crippen LogP contribution in [0.15, 0.2) is 67.3 Å². The zero-order valence-corrected chi connectivity index (χ0v) is 14.9. The monoisotopic (exact) mass is 373 g/mol. The van der Waals surface area contributed by atoms with Crippen LogP contribution in [0.2, 0.25) is 0 Å². The smallest absolute Gasteiger partial charge is 0.255 e. The standard InChI is InChI=1S/C19H15N7O2/c1-25-10-9-20-18(25)17(27)13-5-7-15(8-6-13)22-19(28)14-3-2-4-16(11-14)26-12-21-23-24-26/h2-12H,1H3,(H,22,28). The SMILES string of the molecule is Cn1ccnc1C(=O)c1ccc(NC(=O)c2cccc(-n3cnnn3)c2)cc1. The first-order valence-electron chi connectivity index (χ1n) is 8.39. The normalized spacial score (nSPS) is 10.6. The van der Waals surface area contributed by atoms with Gasteiger partial charge in [0.05, 0.1) is 5.69 Å². The summed E-state index contributed by atoms with van der Waals surface area (Å²) in [4.78, 5) is 29.0. The van der Waals surface area contributed by atoms with E-state index in [4.69, 9.17) is 0 Å². The first kappa shape index (κ1) is 17.3. The molecule has 4 aromatic rings. The molecule has 0 atom stereocenters. The van der Waals surface area contributed by atoms with E-state index in [-0.39, 0.29) is 11.7 Å². The third-order valence-electron chi connectivity index (χ3n) is 4.15. The Balaban J connectivity index is 1.49. The lowest BCUT2D eigenvalue weighted by Crippen LogP contribution is -2.13. The molecule has 0 fully saturated rings. The summed E-state index contributed by atoms with van der Waals surface area (Å²) in [6.45, 7) is 0. The molecule has 9 nitrogen and oxygen atoms in total. The fourth-order valence-electron chi connectivity index (χ4n) is 2.69. The molecule has 2 heterocycles. The Morgan fingerprint density at radius 2 is 1.86 bits per heavy atom. The van der Waals surface area contributed by atoms with Crippen LogP contribution in [0, 0.1) is 0 Å². The molecule has 2 aromatic heterocycles. The van der Waals surface area contributed by atoms with Crippen LogP contribution in [0.5, 0.6) is 0 Å². The van der Waals surface area contributed by atoms with Crippen LogP contribution in [0.1, 0.15) is 26.5 Å². The van der Waals surface area contributed by atoms with E-state index in [1.54, 1.807) is 72.5 Å². The lowest BCUT2D eigenvalue weighted by atomic mass is 10.1. The van der Waals surface area contributed by atoms with Gasteiger partial charge in [0.2, 0.25) is 5.78 Å². The number of aromatic nitrogens is 6. The van der Waals surface area contributed by atoms with E-state index in [9.17, 15) is 9.59 Å². The van der Waals surface area contributed by atoms with E-state index < -0.39 is 0 Å². The average Bonchev–Trinajstić information content (AvgIpc) is 3.40. The van der Waals surface area contributed by atoms with Crippen molar-refractivity contribution in [3.05, 3.63) is 84.2 Å². The van der Waals surface area contributed by atoms with Crippen LogP contribution in [0.25, 0.3) is 5.69 Å². The van der Waals surface area contributed by atoms with Gasteiger partial charge in [0.25, 0.3) is 5.91 Å². The Hall–Kier alpha value is -4.14. The number of benzene rings is 2. The van der Waals surface area contributed by atoms with Crippen molar-refractivity contribution in [3.8, 4) is 5.69 Å². The van der Waals surface area contributed by atoms with Crippen molar-refractivity contribution >= 4 is 17.4 Å². The molecule has 2 aromatic carbocycles. The highest BCUT2D eigenvalue weighted by molar-refractivity contribution is 6.07. The molecule has 1 N–H and O–H groups in total. The largest absolute Gasteiger partial charge is 0.331 e. The van der Waals surface area contributed by atoms with Crippen LogP contribution in [-0.2, 0) is 7.05 Å². The molecule has 1 amide bonds. The van der Waals surface area contributed by atoms with Gasteiger partial charge in [-0.15, -0.1) is 5.10 Å². The second kappa shape index (κ2) is 7.23. The van der Waals surface area contributed by atoms with Crippen molar-refractivity contribution in [2.45, 2.75) is 0 Å². The Morgan fingerprint density at radius 3 is 2.54 bits per heavy atom. The third-order valence-corrected chi connectivity index (χ3v) is 4.15. The van der Waals surface area contributed by atoms with Crippen LogP contribution >= 0.6 is 0 Å². The Bertz CT molecular complexity index is 1130. The molecule has 28 heavy (non-hydrogen) atoms. The van der Waals surface area contributed by atoms with Gasteiger partial charge in [-0.1, -0.05) is 6.07 Å². The van der Waals surface area contributed by atoms with E-state index in [0.29, 0.717) is 28.3 Å². The molecular weight excluding hydrogens is 358 g/mol. The number of aryl methyl sites for hydroxylation is 1. The van der Waals surface area contributed by atoms with E-state index in [0.717, 1.165) is 0 Å². The number of nitrogens with one attached hydrogen (secondary N) is 1. The molecule has 0 aliphatic carbocycles. The van der Waals surface area contributed by atoms with Crippen molar-refractivity contribution in [1.29, 1.82) is 0 Å². The third kappa shape index (κ3) is 3.40. The first-order chi connectivity index (χ1) is 13.6. The van der Waals surface area contributed by atoms with Crippen LogP contribution in [-0.4, -0.2) is 41.4 Å². The molecule has 0 spiro atoms. The lowest BCUT2D eigenvalue weighted by molar-refractivity contribution is 0.102.